The first kappa shape index (κ1) is 22.7. The fourth-order valence-corrected chi connectivity index (χ4v) is 0.551. The van der Waals surface area contributed by atoms with Gasteiger partial charge in [0.15, 0.2) is 0 Å². The zero-order valence-electron chi connectivity index (χ0n) is 9.85. The minimum Gasteiger partial charge on any atom is -0.481 e. The number of aliphatic carboxylic acids is 4. The fraction of sp³-hybridized carbons (Fsp3) is 0.500. The minimum atomic E-state index is -1.29. The van der Waals surface area contributed by atoms with E-state index in [1.54, 1.807) is 0 Å². The molecule has 0 fully saturated rings. The Labute approximate surface area is 123 Å². The molecule has 0 aliphatic rings. The molecule has 11 heteroatoms. The molecule has 0 spiro atoms. The van der Waals surface area contributed by atoms with E-state index >= 15 is 0 Å². The Bertz CT molecular complexity index is 303. The predicted molar refractivity (Wildman–Crippen MR) is 61.5 cm³/mol. The highest BCUT2D eigenvalue weighted by atomic mass is 24.3. The van der Waals surface area contributed by atoms with E-state index in [1.165, 1.54) is 0 Å². The van der Waals surface area contributed by atoms with Gasteiger partial charge in [0.1, 0.15) is 12.1 Å². The zero-order valence-corrected chi connectivity index (χ0v) is 11.3. The van der Waals surface area contributed by atoms with E-state index in [0.29, 0.717) is 0 Å². The van der Waals surface area contributed by atoms with Gasteiger partial charge in [0.2, 0.25) is 0 Å². The van der Waals surface area contributed by atoms with Crippen molar-refractivity contribution in [3.8, 4) is 0 Å². The highest BCUT2D eigenvalue weighted by Gasteiger charge is 2.15. The Kier molecular flexibility index (Phi) is 13.9. The summed E-state index contributed by atoms with van der Waals surface area (Å²) in [7, 11) is 0. The SMILES string of the molecule is NC(CC(=O)O)C(=O)O.NC(CC(=O)O)C(=O)O.[Mg]. The highest BCUT2D eigenvalue weighted by Crippen LogP contribution is 1.86. The summed E-state index contributed by atoms with van der Waals surface area (Å²) in [6.07, 6.45) is -1.06. The molecule has 0 saturated carbocycles. The van der Waals surface area contributed by atoms with Crippen LogP contribution in [0.25, 0.3) is 0 Å². The Balaban J connectivity index is -0.000000256. The maximum absolute atomic E-state index is 9.85. The molecular formula is C8H14MgN2O8. The first-order valence-electron chi connectivity index (χ1n) is 4.48. The van der Waals surface area contributed by atoms with Crippen LogP contribution < -0.4 is 11.5 Å². The van der Waals surface area contributed by atoms with Crippen LogP contribution in [0.2, 0.25) is 0 Å². The molecule has 0 amide bonds. The second-order valence-electron chi connectivity index (χ2n) is 3.09. The number of nitrogens with two attached hydrogens (primary N) is 2. The van der Waals surface area contributed by atoms with Crippen LogP contribution in [-0.4, -0.2) is 79.4 Å². The van der Waals surface area contributed by atoms with Crippen molar-refractivity contribution in [2.75, 3.05) is 0 Å². The monoisotopic (exact) mass is 290 g/mol. The van der Waals surface area contributed by atoms with Crippen LogP contribution in [-0.2, 0) is 19.2 Å². The number of carboxylic acids is 4. The maximum atomic E-state index is 9.85. The largest absolute Gasteiger partial charge is 0.481 e. The van der Waals surface area contributed by atoms with Gasteiger partial charge in [0.25, 0.3) is 0 Å². The fourth-order valence-electron chi connectivity index (χ4n) is 0.551. The molecule has 0 aromatic carbocycles. The van der Waals surface area contributed by atoms with E-state index in [0.717, 1.165) is 0 Å². The van der Waals surface area contributed by atoms with Crippen molar-refractivity contribution in [1.82, 2.24) is 0 Å². The third-order valence-corrected chi connectivity index (χ3v) is 1.42. The molecule has 10 nitrogen and oxygen atoms in total. The minimum absolute atomic E-state index is 0. The predicted octanol–water partition coefficient (Wildman–Crippen LogP) is -2.63. The van der Waals surface area contributed by atoms with Crippen molar-refractivity contribution >= 4 is 46.9 Å². The van der Waals surface area contributed by atoms with Crippen LogP contribution >= 0.6 is 0 Å². The van der Waals surface area contributed by atoms with E-state index in [2.05, 4.69) is 0 Å². The summed E-state index contributed by atoms with van der Waals surface area (Å²) in [5.74, 6) is -5.00. The lowest BCUT2D eigenvalue weighted by Gasteiger charge is -1.99. The second kappa shape index (κ2) is 11.6. The van der Waals surface area contributed by atoms with E-state index < -0.39 is 48.8 Å². The number of rotatable bonds is 6. The average molecular weight is 291 g/mol. The van der Waals surface area contributed by atoms with Gasteiger partial charge in [-0.3, -0.25) is 19.2 Å². The van der Waals surface area contributed by atoms with Crippen LogP contribution in [0.4, 0.5) is 0 Å². The molecule has 2 atom stereocenters. The highest BCUT2D eigenvalue weighted by molar-refractivity contribution is 5.80. The van der Waals surface area contributed by atoms with Crippen LogP contribution in [0.5, 0.6) is 0 Å². The summed E-state index contributed by atoms with van der Waals surface area (Å²) < 4.78 is 0. The van der Waals surface area contributed by atoms with Gasteiger partial charge in [0, 0.05) is 23.1 Å². The molecule has 19 heavy (non-hydrogen) atoms. The summed E-state index contributed by atoms with van der Waals surface area (Å²) in [5, 5.41) is 32.1. The second-order valence-corrected chi connectivity index (χ2v) is 3.09. The topological polar surface area (TPSA) is 201 Å². The number of hydrogen-bond acceptors (Lipinski definition) is 6. The number of hydrogen-bond donors (Lipinski definition) is 6. The molecule has 8 N–H and O–H groups in total. The molecule has 2 unspecified atom stereocenters. The summed E-state index contributed by atoms with van der Waals surface area (Å²) in [6.45, 7) is 0. The maximum Gasteiger partial charge on any atom is 0.321 e. The summed E-state index contributed by atoms with van der Waals surface area (Å²) in [4.78, 5) is 39.2. The van der Waals surface area contributed by atoms with E-state index in [1.807, 2.05) is 0 Å². The molecule has 0 bridgehead atoms. The van der Waals surface area contributed by atoms with Crippen molar-refractivity contribution in [2.45, 2.75) is 24.9 Å². The third-order valence-electron chi connectivity index (χ3n) is 1.42. The summed E-state index contributed by atoms with van der Waals surface area (Å²) in [5.41, 5.74) is 9.67. The van der Waals surface area contributed by atoms with E-state index in [9.17, 15) is 19.2 Å². The summed E-state index contributed by atoms with van der Waals surface area (Å²) in [6, 6.07) is -2.58. The van der Waals surface area contributed by atoms with Crippen molar-refractivity contribution in [1.29, 1.82) is 0 Å². The average Bonchev–Trinajstić information content (AvgIpc) is 2.16. The van der Waals surface area contributed by atoms with Crippen molar-refractivity contribution in [2.24, 2.45) is 11.5 Å². The Hall–Kier alpha value is -1.43. The molecule has 0 aromatic rings. The lowest BCUT2D eigenvalue weighted by atomic mass is 10.2. The molecule has 106 valence electrons. The van der Waals surface area contributed by atoms with Gasteiger partial charge in [0.05, 0.1) is 12.8 Å². The van der Waals surface area contributed by atoms with Crippen molar-refractivity contribution in [3.05, 3.63) is 0 Å². The van der Waals surface area contributed by atoms with Gasteiger partial charge in [-0.05, 0) is 0 Å². The van der Waals surface area contributed by atoms with Crippen LogP contribution in [0.1, 0.15) is 12.8 Å². The number of carboxylic acid groups (broad SMARTS) is 4. The number of carbonyl (C=O) groups is 4. The molecule has 0 saturated heterocycles. The molecule has 2 radical (unpaired) electrons. The Morgan fingerprint density at radius 1 is 0.737 bits per heavy atom. The van der Waals surface area contributed by atoms with Crippen LogP contribution in [0, 0.1) is 0 Å². The van der Waals surface area contributed by atoms with Gasteiger partial charge in [-0.15, -0.1) is 0 Å². The Morgan fingerprint density at radius 2 is 0.947 bits per heavy atom. The van der Waals surface area contributed by atoms with Crippen LogP contribution in [0.3, 0.4) is 0 Å². The molecule has 0 aliphatic carbocycles. The first-order valence-corrected chi connectivity index (χ1v) is 4.48. The lowest BCUT2D eigenvalue weighted by molar-refractivity contribution is -0.144. The normalized spacial score (nSPS) is 11.9. The molecule has 0 aromatic heterocycles. The van der Waals surface area contributed by atoms with E-state index in [-0.39, 0.29) is 23.1 Å². The van der Waals surface area contributed by atoms with Gasteiger partial charge in [-0.2, -0.15) is 0 Å². The van der Waals surface area contributed by atoms with Crippen LogP contribution in [0.15, 0.2) is 0 Å². The summed E-state index contributed by atoms with van der Waals surface area (Å²) >= 11 is 0. The molecular weight excluding hydrogens is 276 g/mol. The molecule has 0 rings (SSSR count). The van der Waals surface area contributed by atoms with Gasteiger partial charge < -0.3 is 31.9 Å². The standard InChI is InChI=1S/2C4H7NO4.Mg/c2*5-2(4(8)9)1-3(6)7;/h2*2H,1,5H2,(H,6,7)(H,8,9);. The van der Waals surface area contributed by atoms with Crippen molar-refractivity contribution in [3.63, 3.8) is 0 Å². The lowest BCUT2D eigenvalue weighted by Crippen LogP contribution is -2.32. The molecule has 0 heterocycles. The quantitative estimate of drug-likeness (QED) is 0.281. The first-order chi connectivity index (χ1) is 8.07. The van der Waals surface area contributed by atoms with Gasteiger partial charge in [-0.25, -0.2) is 0 Å². The third kappa shape index (κ3) is 16.6. The van der Waals surface area contributed by atoms with E-state index in [4.69, 9.17) is 31.9 Å². The zero-order chi connectivity index (χ0) is 14.9. The smallest absolute Gasteiger partial charge is 0.321 e. The van der Waals surface area contributed by atoms with Gasteiger partial charge in [-0.1, -0.05) is 0 Å². The van der Waals surface area contributed by atoms with Crippen molar-refractivity contribution < 1.29 is 39.6 Å². The molecule has 0 aliphatic heterocycles. The van der Waals surface area contributed by atoms with Gasteiger partial charge >= 0.3 is 23.9 Å². The Morgan fingerprint density at radius 3 is 1.00 bits per heavy atom.